The van der Waals surface area contributed by atoms with Crippen LogP contribution in [0.15, 0.2) is 55.0 Å². The monoisotopic (exact) mass is 484 g/mol. The van der Waals surface area contributed by atoms with Crippen LogP contribution in [0.1, 0.15) is 22.4 Å². The van der Waals surface area contributed by atoms with Crippen LogP contribution in [0.2, 0.25) is 5.02 Å². The van der Waals surface area contributed by atoms with Crippen molar-refractivity contribution in [3.05, 3.63) is 82.4 Å². The maximum absolute atomic E-state index is 6.52. The van der Waals surface area contributed by atoms with Crippen molar-refractivity contribution < 1.29 is 4.74 Å². The smallest absolute Gasteiger partial charge is 0.225 e. The molecular formula is C27H25ClN6O. The first-order valence-electron chi connectivity index (χ1n) is 11.6. The second-order valence-corrected chi connectivity index (χ2v) is 9.29. The molecule has 5 aromatic rings. The van der Waals surface area contributed by atoms with E-state index in [1.54, 1.807) is 19.5 Å². The molecule has 0 fully saturated rings. The average molecular weight is 485 g/mol. The van der Waals surface area contributed by atoms with E-state index in [9.17, 15) is 0 Å². The van der Waals surface area contributed by atoms with Gasteiger partial charge < -0.3 is 14.6 Å². The SMILES string of the molecule is COc1cnc(N2CCc3nn(-c4c(C)cccc4C)c(-c4ccc(Cl)c5[nH]ccc45)c3C2)nc1. The Bertz CT molecular complexity index is 1530. The summed E-state index contributed by atoms with van der Waals surface area (Å²) in [5.74, 6) is 1.33. The molecule has 176 valence electrons. The Morgan fingerprint density at radius 1 is 1.03 bits per heavy atom. The fourth-order valence-corrected chi connectivity index (χ4v) is 5.25. The van der Waals surface area contributed by atoms with Crippen LogP contribution in [-0.4, -0.2) is 38.4 Å². The number of anilines is 1. The lowest BCUT2D eigenvalue weighted by Crippen LogP contribution is -2.31. The number of nitrogens with zero attached hydrogens (tertiary/aromatic N) is 5. The number of methoxy groups -OCH3 is 1. The molecule has 0 unspecified atom stereocenters. The molecule has 35 heavy (non-hydrogen) atoms. The molecule has 6 rings (SSSR count). The number of aromatic amines is 1. The summed E-state index contributed by atoms with van der Waals surface area (Å²) in [5, 5.41) is 6.95. The van der Waals surface area contributed by atoms with Gasteiger partial charge in [0, 0.05) is 42.2 Å². The molecule has 1 N–H and O–H groups in total. The van der Waals surface area contributed by atoms with Crippen LogP contribution in [0.3, 0.4) is 0 Å². The Morgan fingerprint density at radius 2 is 1.80 bits per heavy atom. The van der Waals surface area contributed by atoms with Gasteiger partial charge in [-0.05, 0) is 37.1 Å². The predicted molar refractivity (Wildman–Crippen MR) is 139 cm³/mol. The Hall–Kier alpha value is -3.84. The molecule has 7 nitrogen and oxygen atoms in total. The number of hydrogen-bond acceptors (Lipinski definition) is 5. The van der Waals surface area contributed by atoms with E-state index in [-0.39, 0.29) is 0 Å². The zero-order valence-corrected chi connectivity index (χ0v) is 20.6. The minimum atomic E-state index is 0.644. The molecule has 0 spiro atoms. The second-order valence-electron chi connectivity index (χ2n) is 8.88. The van der Waals surface area contributed by atoms with Crippen LogP contribution in [0.5, 0.6) is 5.75 Å². The van der Waals surface area contributed by atoms with Gasteiger partial charge in [0.25, 0.3) is 0 Å². The lowest BCUT2D eigenvalue weighted by atomic mass is 9.98. The van der Waals surface area contributed by atoms with E-state index in [4.69, 9.17) is 21.4 Å². The zero-order chi connectivity index (χ0) is 24.1. The highest BCUT2D eigenvalue weighted by molar-refractivity contribution is 6.35. The summed E-state index contributed by atoms with van der Waals surface area (Å²) in [7, 11) is 1.62. The molecule has 3 aromatic heterocycles. The normalized spacial score (nSPS) is 13.3. The van der Waals surface area contributed by atoms with Gasteiger partial charge in [0.15, 0.2) is 5.75 Å². The van der Waals surface area contributed by atoms with Gasteiger partial charge in [0.2, 0.25) is 5.95 Å². The number of rotatable bonds is 4. The Kier molecular flexibility index (Phi) is 5.22. The van der Waals surface area contributed by atoms with Gasteiger partial charge in [0.05, 0.1) is 47.1 Å². The van der Waals surface area contributed by atoms with E-state index in [1.807, 2.05) is 12.3 Å². The average Bonchev–Trinajstić information content (AvgIpc) is 3.50. The molecule has 0 aliphatic carbocycles. The number of benzene rings is 2. The standard InChI is InChI=1S/C27H25ClN6O/c1-16-5-4-6-17(2)25(16)34-26(20-7-8-22(28)24-19(20)9-11-29-24)21-15-33(12-10-23(21)32-34)27-30-13-18(35-3)14-31-27/h4-9,11,13-14,29H,10,12,15H2,1-3H3. The fourth-order valence-electron chi connectivity index (χ4n) is 5.03. The number of aromatic nitrogens is 5. The summed E-state index contributed by atoms with van der Waals surface area (Å²) in [5.41, 5.74) is 8.87. The molecule has 0 saturated heterocycles. The summed E-state index contributed by atoms with van der Waals surface area (Å²) in [6, 6.07) is 12.5. The predicted octanol–water partition coefficient (Wildman–Crippen LogP) is 5.65. The molecule has 8 heteroatoms. The van der Waals surface area contributed by atoms with Crippen LogP contribution in [0.4, 0.5) is 5.95 Å². The van der Waals surface area contributed by atoms with Crippen LogP contribution in [-0.2, 0) is 13.0 Å². The van der Waals surface area contributed by atoms with Crippen LogP contribution in [0.25, 0.3) is 27.8 Å². The van der Waals surface area contributed by atoms with E-state index in [1.165, 1.54) is 16.7 Å². The molecule has 0 atom stereocenters. The number of H-pyrrole nitrogens is 1. The summed E-state index contributed by atoms with van der Waals surface area (Å²) < 4.78 is 7.37. The number of aryl methyl sites for hydroxylation is 2. The Morgan fingerprint density at radius 3 is 2.54 bits per heavy atom. The Labute approximate surface area is 208 Å². The van der Waals surface area contributed by atoms with Gasteiger partial charge in [-0.2, -0.15) is 5.10 Å². The number of hydrogen-bond donors (Lipinski definition) is 1. The highest BCUT2D eigenvalue weighted by Gasteiger charge is 2.29. The first-order valence-corrected chi connectivity index (χ1v) is 12.0. The van der Waals surface area contributed by atoms with Gasteiger partial charge in [-0.25, -0.2) is 14.6 Å². The van der Waals surface area contributed by atoms with Crippen molar-refractivity contribution in [3.8, 4) is 22.7 Å². The van der Waals surface area contributed by atoms with E-state index in [0.717, 1.165) is 46.5 Å². The molecule has 0 saturated carbocycles. The number of fused-ring (bicyclic) bond motifs is 2. The van der Waals surface area contributed by atoms with Crippen molar-refractivity contribution >= 4 is 28.5 Å². The number of para-hydroxylation sites is 1. The molecule has 0 bridgehead atoms. The molecule has 0 amide bonds. The van der Waals surface area contributed by atoms with Crippen molar-refractivity contribution in [1.82, 2.24) is 24.7 Å². The lowest BCUT2D eigenvalue weighted by molar-refractivity contribution is 0.410. The summed E-state index contributed by atoms with van der Waals surface area (Å²) in [6.45, 7) is 5.73. The minimum Gasteiger partial charge on any atom is -0.494 e. The Balaban J connectivity index is 1.57. The van der Waals surface area contributed by atoms with Crippen LogP contribution in [0, 0.1) is 13.8 Å². The van der Waals surface area contributed by atoms with Crippen molar-refractivity contribution in [1.29, 1.82) is 0 Å². The summed E-state index contributed by atoms with van der Waals surface area (Å²) in [6.07, 6.45) is 6.16. The fraction of sp³-hybridized carbons (Fsp3) is 0.222. The van der Waals surface area contributed by atoms with Crippen molar-refractivity contribution in [2.24, 2.45) is 0 Å². The van der Waals surface area contributed by atoms with Gasteiger partial charge in [-0.3, -0.25) is 0 Å². The van der Waals surface area contributed by atoms with E-state index < -0.39 is 0 Å². The molecular weight excluding hydrogens is 460 g/mol. The zero-order valence-electron chi connectivity index (χ0n) is 19.8. The van der Waals surface area contributed by atoms with Gasteiger partial charge in [-0.15, -0.1) is 0 Å². The summed E-state index contributed by atoms with van der Waals surface area (Å²) >= 11 is 6.52. The van der Waals surface area contributed by atoms with Crippen LogP contribution >= 0.6 is 11.6 Å². The van der Waals surface area contributed by atoms with E-state index >= 15 is 0 Å². The van der Waals surface area contributed by atoms with Crippen molar-refractivity contribution in [2.45, 2.75) is 26.8 Å². The quantitative estimate of drug-likeness (QED) is 0.357. The third kappa shape index (κ3) is 3.54. The highest BCUT2D eigenvalue weighted by atomic mass is 35.5. The topological polar surface area (TPSA) is 71.9 Å². The van der Waals surface area contributed by atoms with Crippen molar-refractivity contribution in [2.75, 3.05) is 18.6 Å². The summed E-state index contributed by atoms with van der Waals surface area (Å²) in [4.78, 5) is 14.6. The number of ether oxygens (including phenoxy) is 1. The maximum Gasteiger partial charge on any atom is 0.225 e. The maximum atomic E-state index is 6.52. The second kappa shape index (κ2) is 8.43. The third-order valence-electron chi connectivity index (χ3n) is 6.75. The molecule has 1 aliphatic rings. The number of halogens is 1. The van der Waals surface area contributed by atoms with Gasteiger partial charge in [0.1, 0.15) is 0 Å². The molecule has 0 radical (unpaired) electrons. The van der Waals surface area contributed by atoms with Crippen molar-refractivity contribution in [3.63, 3.8) is 0 Å². The highest BCUT2D eigenvalue weighted by Crippen LogP contribution is 2.39. The van der Waals surface area contributed by atoms with E-state index in [2.05, 4.69) is 68.7 Å². The molecule has 4 heterocycles. The largest absolute Gasteiger partial charge is 0.494 e. The first-order chi connectivity index (χ1) is 17.0. The minimum absolute atomic E-state index is 0.644. The third-order valence-corrected chi connectivity index (χ3v) is 7.06. The van der Waals surface area contributed by atoms with Gasteiger partial charge in [-0.1, -0.05) is 35.9 Å². The van der Waals surface area contributed by atoms with Gasteiger partial charge >= 0.3 is 0 Å². The molecule has 1 aliphatic heterocycles. The molecule has 2 aromatic carbocycles. The number of nitrogens with one attached hydrogen (secondary N) is 1. The van der Waals surface area contributed by atoms with Crippen LogP contribution < -0.4 is 9.64 Å². The first kappa shape index (κ1) is 21.7. The van der Waals surface area contributed by atoms with E-state index in [0.29, 0.717) is 23.3 Å². The lowest BCUT2D eigenvalue weighted by Gasteiger charge is -2.27.